The van der Waals surface area contributed by atoms with E-state index in [0.717, 1.165) is 6.26 Å². The lowest BCUT2D eigenvalue weighted by Gasteiger charge is -2.13. The second kappa shape index (κ2) is 6.66. The maximum Gasteiger partial charge on any atom is 0.215 e. The van der Waals surface area contributed by atoms with Gasteiger partial charge >= 0.3 is 0 Å². The minimum absolute atomic E-state index is 0.139. The Labute approximate surface area is 120 Å². The van der Waals surface area contributed by atoms with Crippen LogP contribution in [0.5, 0.6) is 0 Å². The van der Waals surface area contributed by atoms with Gasteiger partial charge < -0.3 is 5.32 Å². The van der Waals surface area contributed by atoms with Gasteiger partial charge in [0, 0.05) is 19.3 Å². The van der Waals surface area contributed by atoms with Gasteiger partial charge in [0.2, 0.25) is 10.0 Å². The molecule has 1 atom stereocenters. The molecule has 0 amide bonds. The predicted octanol–water partition coefficient (Wildman–Crippen LogP) is 0.117. The second-order valence-electron chi connectivity index (χ2n) is 4.65. The quantitative estimate of drug-likeness (QED) is 0.744. The summed E-state index contributed by atoms with van der Waals surface area (Å²) in [5.41, 5.74) is 0.706. The highest BCUT2D eigenvalue weighted by Crippen LogP contribution is 2.10. The molecule has 1 aromatic rings. The Balaban J connectivity index is 2.72. The molecule has 0 bridgehead atoms. The molecule has 0 heterocycles. The number of hydrogen-bond donors (Lipinski definition) is 2. The van der Waals surface area contributed by atoms with Crippen LogP contribution in [-0.4, -0.2) is 41.9 Å². The smallest absolute Gasteiger partial charge is 0.215 e. The van der Waals surface area contributed by atoms with Crippen molar-refractivity contribution in [3.8, 4) is 0 Å². The van der Waals surface area contributed by atoms with Crippen molar-refractivity contribution in [2.45, 2.75) is 23.6 Å². The Hall–Kier alpha value is -0.960. The lowest BCUT2D eigenvalue weighted by atomic mass is 10.2. The molecule has 8 heteroatoms. The maximum atomic E-state index is 11.9. The van der Waals surface area contributed by atoms with E-state index in [1.165, 1.54) is 12.1 Å². The zero-order valence-corrected chi connectivity index (χ0v) is 13.4. The fourth-order valence-corrected chi connectivity index (χ4v) is 3.25. The van der Waals surface area contributed by atoms with Gasteiger partial charge in [-0.25, -0.2) is 21.6 Å². The molecule has 0 aromatic heterocycles. The molecule has 0 radical (unpaired) electrons. The van der Waals surface area contributed by atoms with Crippen molar-refractivity contribution in [1.29, 1.82) is 0 Å². The summed E-state index contributed by atoms with van der Waals surface area (Å²) in [5.74, 6) is 0. The maximum absolute atomic E-state index is 11.9. The molecule has 1 rings (SSSR count). The Morgan fingerprint density at radius 1 is 1.10 bits per heavy atom. The van der Waals surface area contributed by atoms with Crippen LogP contribution >= 0.6 is 0 Å². The van der Waals surface area contributed by atoms with E-state index in [4.69, 9.17) is 0 Å². The van der Waals surface area contributed by atoms with Gasteiger partial charge in [0.25, 0.3) is 0 Å². The largest absolute Gasteiger partial charge is 0.318 e. The average molecular weight is 320 g/mol. The summed E-state index contributed by atoms with van der Waals surface area (Å²) < 4.78 is 48.9. The van der Waals surface area contributed by atoms with Crippen LogP contribution in [0.3, 0.4) is 0 Å². The van der Waals surface area contributed by atoms with Gasteiger partial charge in [-0.15, -0.1) is 0 Å². The number of sulfonamides is 1. The summed E-state index contributed by atoms with van der Waals surface area (Å²) in [6.07, 6.45) is 1.13. The zero-order valence-electron chi connectivity index (χ0n) is 11.8. The van der Waals surface area contributed by atoms with Gasteiger partial charge in [0.1, 0.15) is 0 Å². The van der Waals surface area contributed by atoms with Gasteiger partial charge in [-0.2, -0.15) is 0 Å². The molecule has 114 valence electrons. The van der Waals surface area contributed by atoms with E-state index in [-0.39, 0.29) is 11.4 Å². The van der Waals surface area contributed by atoms with E-state index < -0.39 is 25.1 Å². The molecule has 0 saturated heterocycles. The zero-order chi connectivity index (χ0) is 15.4. The van der Waals surface area contributed by atoms with Crippen LogP contribution in [0.25, 0.3) is 0 Å². The molecule has 6 nitrogen and oxygen atoms in total. The number of benzene rings is 1. The first-order valence-electron chi connectivity index (χ1n) is 6.09. The van der Waals surface area contributed by atoms with Crippen molar-refractivity contribution in [3.05, 3.63) is 29.8 Å². The van der Waals surface area contributed by atoms with Crippen molar-refractivity contribution in [1.82, 2.24) is 10.0 Å². The summed E-state index contributed by atoms with van der Waals surface area (Å²) >= 11 is 0. The van der Waals surface area contributed by atoms with Crippen LogP contribution in [0.1, 0.15) is 12.5 Å². The minimum atomic E-state index is -3.39. The monoisotopic (exact) mass is 320 g/mol. The molecule has 20 heavy (non-hydrogen) atoms. The standard InChI is InChI=1S/C12H20N2O4S2/c1-10(8-13-2)20(17,18)14-9-11-4-6-12(7-5-11)19(3,15)16/h4-7,10,13-14H,8-9H2,1-3H3. The van der Waals surface area contributed by atoms with Gasteiger partial charge in [-0.3, -0.25) is 0 Å². The highest BCUT2D eigenvalue weighted by atomic mass is 32.2. The van der Waals surface area contributed by atoms with E-state index in [1.54, 1.807) is 26.1 Å². The fraction of sp³-hybridized carbons (Fsp3) is 0.500. The third-order valence-electron chi connectivity index (χ3n) is 2.85. The van der Waals surface area contributed by atoms with Gasteiger partial charge in [-0.05, 0) is 31.7 Å². The van der Waals surface area contributed by atoms with Crippen molar-refractivity contribution in [2.24, 2.45) is 0 Å². The van der Waals surface area contributed by atoms with E-state index in [0.29, 0.717) is 12.1 Å². The summed E-state index contributed by atoms with van der Waals surface area (Å²) in [7, 11) is -4.93. The molecular weight excluding hydrogens is 300 g/mol. The lowest BCUT2D eigenvalue weighted by Crippen LogP contribution is -2.37. The molecule has 0 saturated carbocycles. The topological polar surface area (TPSA) is 92.3 Å². The fourth-order valence-electron chi connectivity index (χ4n) is 1.58. The van der Waals surface area contributed by atoms with Gasteiger partial charge in [0.15, 0.2) is 9.84 Å². The van der Waals surface area contributed by atoms with Crippen molar-refractivity contribution in [3.63, 3.8) is 0 Å². The van der Waals surface area contributed by atoms with Crippen molar-refractivity contribution < 1.29 is 16.8 Å². The summed E-state index contributed by atoms with van der Waals surface area (Å²) in [6, 6.07) is 6.13. The Morgan fingerprint density at radius 3 is 2.10 bits per heavy atom. The predicted molar refractivity (Wildman–Crippen MR) is 78.7 cm³/mol. The molecule has 2 N–H and O–H groups in total. The molecule has 1 unspecified atom stereocenters. The molecule has 0 aliphatic carbocycles. The minimum Gasteiger partial charge on any atom is -0.318 e. The number of hydrogen-bond acceptors (Lipinski definition) is 5. The lowest BCUT2D eigenvalue weighted by molar-refractivity contribution is 0.563. The number of sulfone groups is 1. The number of nitrogens with one attached hydrogen (secondary N) is 2. The average Bonchev–Trinajstić information content (AvgIpc) is 2.36. The second-order valence-corrected chi connectivity index (χ2v) is 8.85. The molecule has 0 fully saturated rings. The first kappa shape index (κ1) is 17.1. The molecule has 1 aromatic carbocycles. The van der Waals surface area contributed by atoms with Crippen molar-refractivity contribution >= 4 is 19.9 Å². The highest BCUT2D eigenvalue weighted by molar-refractivity contribution is 7.90. The van der Waals surface area contributed by atoms with Crippen LogP contribution in [-0.2, 0) is 26.4 Å². The highest BCUT2D eigenvalue weighted by Gasteiger charge is 2.19. The Morgan fingerprint density at radius 2 is 1.65 bits per heavy atom. The first-order chi connectivity index (χ1) is 9.16. The molecular formula is C12H20N2O4S2. The molecule has 0 aliphatic rings. The summed E-state index contributed by atoms with van der Waals surface area (Å²) in [4.78, 5) is 0.215. The normalized spacial score (nSPS) is 14.2. The van der Waals surface area contributed by atoms with Gasteiger partial charge in [0.05, 0.1) is 10.1 Å². The SMILES string of the molecule is CNCC(C)S(=O)(=O)NCc1ccc(S(C)(=O)=O)cc1. The summed E-state index contributed by atoms with van der Waals surface area (Å²) in [5, 5.41) is 2.27. The molecule has 0 spiro atoms. The van der Waals surface area contributed by atoms with E-state index in [2.05, 4.69) is 10.0 Å². The van der Waals surface area contributed by atoms with Crippen LogP contribution in [0, 0.1) is 0 Å². The van der Waals surface area contributed by atoms with Crippen LogP contribution < -0.4 is 10.0 Å². The van der Waals surface area contributed by atoms with Crippen LogP contribution in [0.15, 0.2) is 29.2 Å². The first-order valence-corrected chi connectivity index (χ1v) is 9.52. The van der Waals surface area contributed by atoms with E-state index in [1.807, 2.05) is 0 Å². The Kier molecular flexibility index (Phi) is 5.69. The number of rotatable bonds is 7. The van der Waals surface area contributed by atoms with Crippen LogP contribution in [0.2, 0.25) is 0 Å². The van der Waals surface area contributed by atoms with Crippen LogP contribution in [0.4, 0.5) is 0 Å². The third kappa shape index (κ3) is 4.86. The van der Waals surface area contributed by atoms with E-state index >= 15 is 0 Å². The van der Waals surface area contributed by atoms with Crippen molar-refractivity contribution in [2.75, 3.05) is 19.8 Å². The molecule has 0 aliphatic heterocycles. The van der Waals surface area contributed by atoms with Gasteiger partial charge in [-0.1, -0.05) is 12.1 Å². The Bertz CT molecular complexity index is 637. The summed E-state index contributed by atoms with van der Waals surface area (Å²) in [6.45, 7) is 2.12. The van der Waals surface area contributed by atoms with E-state index in [9.17, 15) is 16.8 Å². The third-order valence-corrected chi connectivity index (χ3v) is 5.75.